The number of hydrogen-bond acceptors (Lipinski definition) is 4. The molecule has 4 heteroatoms. The largest absolute Gasteiger partial charge is 0.487 e. The molecule has 1 aliphatic rings. The predicted octanol–water partition coefficient (Wildman–Crippen LogP) is 3.87. The van der Waals surface area contributed by atoms with Crippen molar-refractivity contribution in [2.45, 2.75) is 20.5 Å². The van der Waals surface area contributed by atoms with Gasteiger partial charge in [0.1, 0.15) is 12.4 Å². The summed E-state index contributed by atoms with van der Waals surface area (Å²) in [6, 6.07) is 18.1. The molecular weight excluding hydrogens is 322 g/mol. The lowest BCUT2D eigenvalue weighted by Crippen LogP contribution is -2.47. The molecule has 0 N–H and O–H groups in total. The first-order valence-electron chi connectivity index (χ1n) is 9.13. The molecule has 1 saturated heterocycles. The van der Waals surface area contributed by atoms with Crippen LogP contribution in [0.15, 0.2) is 48.5 Å². The molecule has 4 nitrogen and oxygen atoms in total. The summed E-state index contributed by atoms with van der Waals surface area (Å²) < 4.78 is 6.10. The number of hydrogen-bond donors (Lipinski definition) is 0. The highest BCUT2D eigenvalue weighted by atomic mass is 16.5. The normalized spacial score (nSPS) is 15.1. The van der Waals surface area contributed by atoms with Gasteiger partial charge >= 0.3 is 0 Å². The topological polar surface area (TPSA) is 39.5 Å². The van der Waals surface area contributed by atoms with E-state index in [9.17, 15) is 5.26 Å². The lowest BCUT2D eigenvalue weighted by molar-refractivity contribution is 0.264. The van der Waals surface area contributed by atoms with E-state index in [0.717, 1.165) is 49.7 Å². The molecule has 1 radical (unpaired) electrons. The SMILES string of the molecule is C[C](C)CN1CCN(c2ccc(C#N)cc2OCc2ccccc2)CC1. The Morgan fingerprint density at radius 2 is 1.77 bits per heavy atom. The van der Waals surface area contributed by atoms with Crippen LogP contribution in [0.25, 0.3) is 0 Å². The van der Waals surface area contributed by atoms with Gasteiger partial charge in [0.15, 0.2) is 0 Å². The van der Waals surface area contributed by atoms with E-state index in [1.54, 1.807) is 0 Å². The van der Waals surface area contributed by atoms with E-state index in [1.165, 1.54) is 5.92 Å². The smallest absolute Gasteiger partial charge is 0.144 e. The molecular formula is C22H26N3O. The van der Waals surface area contributed by atoms with Gasteiger partial charge in [-0.15, -0.1) is 0 Å². The van der Waals surface area contributed by atoms with Crippen molar-refractivity contribution in [2.24, 2.45) is 0 Å². The van der Waals surface area contributed by atoms with Gasteiger partial charge in [-0.05, 0) is 23.6 Å². The quantitative estimate of drug-likeness (QED) is 0.794. The Morgan fingerprint density at radius 1 is 1.04 bits per heavy atom. The Kier molecular flexibility index (Phi) is 6.14. The van der Waals surface area contributed by atoms with E-state index in [4.69, 9.17) is 4.74 Å². The van der Waals surface area contributed by atoms with Crippen molar-refractivity contribution in [3.8, 4) is 11.8 Å². The summed E-state index contributed by atoms with van der Waals surface area (Å²) in [4.78, 5) is 4.85. The highest BCUT2D eigenvalue weighted by Gasteiger charge is 2.20. The second-order valence-corrected chi connectivity index (χ2v) is 7.04. The minimum absolute atomic E-state index is 0.507. The third-order valence-corrected chi connectivity index (χ3v) is 4.58. The van der Waals surface area contributed by atoms with Crippen LogP contribution in [0.1, 0.15) is 25.0 Å². The van der Waals surface area contributed by atoms with E-state index in [1.807, 2.05) is 36.4 Å². The molecule has 0 bridgehead atoms. The van der Waals surface area contributed by atoms with Gasteiger partial charge in [-0.25, -0.2) is 0 Å². The first-order chi connectivity index (χ1) is 12.7. The summed E-state index contributed by atoms with van der Waals surface area (Å²) in [6.07, 6.45) is 0. The summed E-state index contributed by atoms with van der Waals surface area (Å²) in [5, 5.41) is 9.24. The zero-order chi connectivity index (χ0) is 18.4. The second kappa shape index (κ2) is 8.73. The van der Waals surface area contributed by atoms with E-state index < -0.39 is 0 Å². The molecule has 2 aromatic rings. The average molecular weight is 348 g/mol. The molecule has 2 aromatic carbocycles. The van der Waals surface area contributed by atoms with Crippen LogP contribution in [0.3, 0.4) is 0 Å². The summed E-state index contributed by atoms with van der Waals surface area (Å²) in [6.45, 7) is 9.98. The molecule has 0 spiro atoms. The van der Waals surface area contributed by atoms with Crippen LogP contribution in [0.5, 0.6) is 5.75 Å². The van der Waals surface area contributed by atoms with Crippen molar-refractivity contribution >= 4 is 5.69 Å². The maximum Gasteiger partial charge on any atom is 0.144 e. The van der Waals surface area contributed by atoms with E-state index >= 15 is 0 Å². The molecule has 0 aliphatic carbocycles. The number of nitrogens with zero attached hydrogens (tertiary/aromatic N) is 3. The average Bonchev–Trinajstić information content (AvgIpc) is 2.67. The predicted molar refractivity (Wildman–Crippen MR) is 105 cm³/mol. The van der Waals surface area contributed by atoms with Crippen LogP contribution >= 0.6 is 0 Å². The third-order valence-electron chi connectivity index (χ3n) is 4.58. The molecule has 0 aromatic heterocycles. The van der Waals surface area contributed by atoms with Crippen molar-refractivity contribution in [3.63, 3.8) is 0 Å². The third kappa shape index (κ3) is 4.77. The van der Waals surface area contributed by atoms with Crippen LogP contribution in [-0.2, 0) is 6.61 Å². The van der Waals surface area contributed by atoms with Gasteiger partial charge in [0.05, 0.1) is 17.3 Å². The van der Waals surface area contributed by atoms with Crippen LogP contribution in [0, 0.1) is 17.2 Å². The Bertz CT molecular complexity index is 744. The maximum absolute atomic E-state index is 9.24. The standard InChI is InChI=1S/C22H26N3O/c1-18(2)16-24-10-12-25(13-11-24)21-9-8-20(15-23)14-22(21)26-17-19-6-4-3-5-7-19/h3-9,14H,10-13,16-17H2,1-2H3. The van der Waals surface area contributed by atoms with Crippen molar-refractivity contribution in [1.29, 1.82) is 5.26 Å². The monoisotopic (exact) mass is 348 g/mol. The molecule has 1 heterocycles. The first kappa shape index (κ1) is 18.3. The van der Waals surface area contributed by atoms with Crippen molar-refractivity contribution in [3.05, 3.63) is 65.6 Å². The van der Waals surface area contributed by atoms with Crippen molar-refractivity contribution in [1.82, 2.24) is 4.90 Å². The zero-order valence-corrected chi connectivity index (χ0v) is 15.6. The fourth-order valence-electron chi connectivity index (χ4n) is 3.29. The lowest BCUT2D eigenvalue weighted by Gasteiger charge is -2.37. The fraction of sp³-hybridized carbons (Fsp3) is 0.364. The van der Waals surface area contributed by atoms with Gasteiger partial charge < -0.3 is 9.64 Å². The minimum Gasteiger partial charge on any atom is -0.487 e. The molecule has 0 amide bonds. The number of anilines is 1. The van der Waals surface area contributed by atoms with Gasteiger partial charge in [-0.1, -0.05) is 44.2 Å². The highest BCUT2D eigenvalue weighted by molar-refractivity contribution is 5.61. The van der Waals surface area contributed by atoms with Crippen LogP contribution in [-0.4, -0.2) is 37.6 Å². The number of ether oxygens (including phenoxy) is 1. The lowest BCUT2D eigenvalue weighted by atomic mass is 10.1. The molecule has 1 aliphatic heterocycles. The Morgan fingerprint density at radius 3 is 2.42 bits per heavy atom. The summed E-state index contributed by atoms with van der Waals surface area (Å²) >= 11 is 0. The molecule has 135 valence electrons. The molecule has 26 heavy (non-hydrogen) atoms. The summed E-state index contributed by atoms with van der Waals surface area (Å²) in [5.74, 6) is 2.24. The van der Waals surface area contributed by atoms with E-state index in [0.29, 0.717) is 12.2 Å². The summed E-state index contributed by atoms with van der Waals surface area (Å²) in [5.41, 5.74) is 2.84. The van der Waals surface area contributed by atoms with Gasteiger partial charge in [0.2, 0.25) is 0 Å². The molecule has 3 rings (SSSR count). The Labute approximate surface area is 156 Å². The zero-order valence-electron chi connectivity index (χ0n) is 15.6. The number of rotatable bonds is 6. The molecule has 1 fully saturated rings. The van der Waals surface area contributed by atoms with Crippen molar-refractivity contribution in [2.75, 3.05) is 37.6 Å². The Hall–Kier alpha value is -2.51. The molecule has 0 atom stereocenters. The van der Waals surface area contributed by atoms with Crippen LogP contribution in [0.2, 0.25) is 0 Å². The molecule has 0 unspecified atom stereocenters. The number of benzene rings is 2. The van der Waals surface area contributed by atoms with Crippen molar-refractivity contribution < 1.29 is 4.74 Å². The second-order valence-electron chi connectivity index (χ2n) is 7.04. The molecule has 0 saturated carbocycles. The van der Waals surface area contributed by atoms with Gasteiger partial charge in [-0.3, -0.25) is 4.90 Å². The van der Waals surface area contributed by atoms with Gasteiger partial charge in [-0.2, -0.15) is 5.26 Å². The highest BCUT2D eigenvalue weighted by Crippen LogP contribution is 2.31. The minimum atomic E-state index is 0.507. The number of piperazine rings is 1. The van der Waals surface area contributed by atoms with Crippen LogP contribution in [0.4, 0.5) is 5.69 Å². The fourth-order valence-corrected chi connectivity index (χ4v) is 3.29. The van der Waals surface area contributed by atoms with E-state index in [-0.39, 0.29) is 0 Å². The van der Waals surface area contributed by atoms with E-state index in [2.05, 4.69) is 41.8 Å². The maximum atomic E-state index is 9.24. The Balaban J connectivity index is 1.71. The summed E-state index contributed by atoms with van der Waals surface area (Å²) in [7, 11) is 0. The first-order valence-corrected chi connectivity index (χ1v) is 9.13. The van der Waals surface area contributed by atoms with Gasteiger partial charge in [0, 0.05) is 38.8 Å². The number of nitriles is 1. The van der Waals surface area contributed by atoms with Crippen LogP contribution < -0.4 is 9.64 Å². The van der Waals surface area contributed by atoms with Gasteiger partial charge in [0.25, 0.3) is 0 Å².